The molecular formula is C23H35N3O6S. The quantitative estimate of drug-likeness (QED) is 0.525. The highest BCUT2D eigenvalue weighted by atomic mass is 32.2. The number of carbonyl (C=O) groups excluding carboxylic acids is 2. The summed E-state index contributed by atoms with van der Waals surface area (Å²) in [7, 11) is -3.86. The average Bonchev–Trinajstić information content (AvgIpc) is 3.52. The Morgan fingerprint density at radius 1 is 1.00 bits per heavy atom. The summed E-state index contributed by atoms with van der Waals surface area (Å²) in [6.07, 6.45) is 5.19. The van der Waals surface area contributed by atoms with Crippen molar-refractivity contribution < 1.29 is 27.2 Å². The highest BCUT2D eigenvalue weighted by Crippen LogP contribution is 2.35. The third kappa shape index (κ3) is 5.27. The van der Waals surface area contributed by atoms with Gasteiger partial charge in [-0.15, -0.1) is 0 Å². The number of sulfonamides is 1. The van der Waals surface area contributed by atoms with Crippen LogP contribution in [0.15, 0.2) is 21.6 Å². The Labute approximate surface area is 196 Å². The predicted molar refractivity (Wildman–Crippen MR) is 121 cm³/mol. The third-order valence-electron chi connectivity index (χ3n) is 7.05. The molecule has 0 unspecified atom stereocenters. The first-order chi connectivity index (χ1) is 15.8. The molecular weight excluding hydrogens is 446 g/mol. The van der Waals surface area contributed by atoms with Crippen molar-refractivity contribution in [3.05, 3.63) is 17.9 Å². The molecule has 0 N–H and O–H groups in total. The molecule has 9 nitrogen and oxygen atoms in total. The minimum Gasteiger partial charge on any atom is -0.460 e. The maximum Gasteiger partial charge on any atom is 0.374 e. The maximum atomic E-state index is 13.5. The van der Waals surface area contributed by atoms with E-state index < -0.39 is 16.0 Å². The molecule has 0 radical (unpaired) electrons. The van der Waals surface area contributed by atoms with Crippen LogP contribution < -0.4 is 0 Å². The van der Waals surface area contributed by atoms with Gasteiger partial charge in [0.1, 0.15) is 0 Å². The molecule has 0 spiro atoms. The number of ether oxygens (including phenoxy) is 1. The molecule has 1 saturated carbocycles. The molecule has 0 bridgehead atoms. The van der Waals surface area contributed by atoms with E-state index in [1.54, 1.807) is 6.92 Å². The smallest absolute Gasteiger partial charge is 0.374 e. The summed E-state index contributed by atoms with van der Waals surface area (Å²) >= 11 is 0. The fraction of sp³-hybridized carbons (Fsp3) is 0.739. The van der Waals surface area contributed by atoms with Crippen LogP contribution in [0, 0.1) is 5.92 Å². The predicted octanol–water partition coefficient (Wildman–Crippen LogP) is 2.33. The number of amides is 1. The molecule has 184 valence electrons. The zero-order valence-electron chi connectivity index (χ0n) is 19.6. The van der Waals surface area contributed by atoms with E-state index in [4.69, 9.17) is 9.15 Å². The van der Waals surface area contributed by atoms with Crippen molar-refractivity contribution in [3.8, 4) is 0 Å². The monoisotopic (exact) mass is 481 g/mol. The molecule has 3 fully saturated rings. The summed E-state index contributed by atoms with van der Waals surface area (Å²) in [4.78, 5) is 29.9. The van der Waals surface area contributed by atoms with Gasteiger partial charge in [-0.1, -0.05) is 6.92 Å². The lowest BCUT2D eigenvalue weighted by molar-refractivity contribution is -0.141. The van der Waals surface area contributed by atoms with E-state index in [9.17, 15) is 18.0 Å². The highest BCUT2D eigenvalue weighted by molar-refractivity contribution is 7.89. The number of rotatable bonds is 8. The Morgan fingerprint density at radius 3 is 2.21 bits per heavy atom. The second kappa shape index (κ2) is 10.1. The number of piperidine rings is 2. The van der Waals surface area contributed by atoms with Gasteiger partial charge in [0.25, 0.3) is 10.0 Å². The zero-order chi connectivity index (χ0) is 23.6. The molecule has 10 heteroatoms. The Balaban J connectivity index is 1.36. The van der Waals surface area contributed by atoms with E-state index in [0.29, 0.717) is 24.9 Å². The second-order valence-corrected chi connectivity index (χ2v) is 11.0. The molecule has 2 saturated heterocycles. The van der Waals surface area contributed by atoms with Crippen LogP contribution >= 0.6 is 0 Å². The van der Waals surface area contributed by atoms with E-state index in [0.717, 1.165) is 45.3 Å². The molecule has 1 aromatic rings. The van der Waals surface area contributed by atoms with Crippen molar-refractivity contribution >= 4 is 21.9 Å². The van der Waals surface area contributed by atoms with Crippen molar-refractivity contribution in [2.75, 3.05) is 39.3 Å². The summed E-state index contributed by atoms with van der Waals surface area (Å²) in [5, 5.41) is -0.266. The van der Waals surface area contributed by atoms with Crippen molar-refractivity contribution in [1.82, 2.24) is 14.1 Å². The lowest BCUT2D eigenvalue weighted by Gasteiger charge is -2.41. The fourth-order valence-electron chi connectivity index (χ4n) is 4.98. The van der Waals surface area contributed by atoms with E-state index >= 15 is 0 Å². The normalized spacial score (nSPS) is 21.8. The number of likely N-dealkylation sites (tertiary alicyclic amines) is 1. The molecule has 4 rings (SSSR count). The molecule has 2 aliphatic heterocycles. The lowest BCUT2D eigenvalue weighted by atomic mass is 9.94. The SMILES string of the molecule is CCOC(=O)c1ccc(S(=O)(=O)N2CCC(C(=O)N(C3CC3)C3CCN(CC)CC3)CC2)o1. The standard InChI is InChI=1S/C23H35N3O6S/c1-3-24-13-11-19(12-14-24)26(18-5-6-18)22(27)17-9-15-25(16-10-17)33(29,30)21-8-7-20(32-21)23(28)31-4-2/h7-8,17-19H,3-6,9-16H2,1-2H3. The molecule has 0 atom stereocenters. The van der Waals surface area contributed by atoms with E-state index in [1.807, 2.05) is 0 Å². The van der Waals surface area contributed by atoms with Gasteiger partial charge in [-0.05, 0) is 64.1 Å². The topological polar surface area (TPSA) is 100 Å². The van der Waals surface area contributed by atoms with Gasteiger partial charge in [0, 0.05) is 44.2 Å². The Kier molecular flexibility index (Phi) is 7.45. The second-order valence-electron chi connectivity index (χ2n) is 9.16. The van der Waals surface area contributed by atoms with Gasteiger partial charge >= 0.3 is 5.97 Å². The van der Waals surface area contributed by atoms with Crippen molar-refractivity contribution in [1.29, 1.82) is 0 Å². The van der Waals surface area contributed by atoms with Crippen LogP contribution in [0.5, 0.6) is 0 Å². The first-order valence-electron chi connectivity index (χ1n) is 12.2. The molecule has 1 aromatic heterocycles. The van der Waals surface area contributed by atoms with Gasteiger partial charge in [0.05, 0.1) is 6.61 Å². The van der Waals surface area contributed by atoms with E-state index in [1.165, 1.54) is 16.4 Å². The van der Waals surface area contributed by atoms with Crippen LogP contribution in [0.4, 0.5) is 0 Å². The molecule has 1 aliphatic carbocycles. The molecule has 1 amide bonds. The largest absolute Gasteiger partial charge is 0.460 e. The Hall–Kier alpha value is -1.91. The highest BCUT2D eigenvalue weighted by Gasteiger charge is 2.42. The molecule has 33 heavy (non-hydrogen) atoms. The van der Waals surface area contributed by atoms with Gasteiger partial charge in [-0.3, -0.25) is 4.79 Å². The van der Waals surface area contributed by atoms with Crippen LogP contribution in [0.25, 0.3) is 0 Å². The van der Waals surface area contributed by atoms with Crippen LogP contribution in [0.2, 0.25) is 0 Å². The molecule has 0 aromatic carbocycles. The van der Waals surface area contributed by atoms with Crippen molar-refractivity contribution in [3.63, 3.8) is 0 Å². The van der Waals surface area contributed by atoms with Gasteiger partial charge in [0.2, 0.25) is 16.8 Å². The van der Waals surface area contributed by atoms with Crippen LogP contribution in [-0.4, -0.2) is 85.8 Å². The average molecular weight is 482 g/mol. The maximum absolute atomic E-state index is 13.5. The van der Waals surface area contributed by atoms with Crippen molar-refractivity contribution in [2.24, 2.45) is 5.92 Å². The Bertz CT molecular complexity index is 941. The lowest BCUT2D eigenvalue weighted by Crippen LogP contribution is -2.51. The number of hydrogen-bond donors (Lipinski definition) is 0. The zero-order valence-corrected chi connectivity index (χ0v) is 20.4. The number of nitrogens with zero attached hydrogens (tertiary/aromatic N) is 3. The Morgan fingerprint density at radius 2 is 1.64 bits per heavy atom. The summed E-state index contributed by atoms with van der Waals surface area (Å²) in [5.41, 5.74) is 0. The minimum atomic E-state index is -3.86. The van der Waals surface area contributed by atoms with Crippen LogP contribution in [0.1, 0.15) is 62.9 Å². The van der Waals surface area contributed by atoms with E-state index in [2.05, 4.69) is 16.7 Å². The number of carbonyl (C=O) groups is 2. The van der Waals surface area contributed by atoms with Crippen LogP contribution in [0.3, 0.4) is 0 Å². The van der Waals surface area contributed by atoms with Crippen molar-refractivity contribution in [2.45, 2.75) is 69.5 Å². The van der Waals surface area contributed by atoms with Gasteiger partial charge in [-0.25, -0.2) is 13.2 Å². The fourth-order valence-corrected chi connectivity index (χ4v) is 6.36. The number of hydrogen-bond acceptors (Lipinski definition) is 7. The first kappa shape index (κ1) is 24.2. The van der Waals surface area contributed by atoms with Gasteiger partial charge in [0.15, 0.2) is 0 Å². The summed E-state index contributed by atoms with van der Waals surface area (Å²) in [6.45, 7) is 7.67. The number of esters is 1. The summed E-state index contributed by atoms with van der Waals surface area (Å²) < 4.78 is 37.5. The third-order valence-corrected chi connectivity index (χ3v) is 8.82. The summed E-state index contributed by atoms with van der Waals surface area (Å²) in [5.74, 6) is -0.761. The summed E-state index contributed by atoms with van der Waals surface area (Å²) in [6, 6.07) is 3.27. The number of furan rings is 1. The minimum absolute atomic E-state index is 0.130. The van der Waals surface area contributed by atoms with Gasteiger partial charge < -0.3 is 19.0 Å². The first-order valence-corrected chi connectivity index (χ1v) is 13.6. The molecule has 3 heterocycles. The van der Waals surface area contributed by atoms with Crippen LogP contribution in [-0.2, 0) is 19.6 Å². The van der Waals surface area contributed by atoms with E-state index in [-0.39, 0.29) is 42.4 Å². The van der Waals surface area contributed by atoms with Gasteiger partial charge in [-0.2, -0.15) is 4.31 Å². The molecule has 3 aliphatic rings.